The van der Waals surface area contributed by atoms with Gasteiger partial charge in [-0.05, 0) is 29.8 Å². The smallest absolute Gasteiger partial charge is 0.141 e. The van der Waals surface area contributed by atoms with Gasteiger partial charge in [0.2, 0.25) is 0 Å². The fraction of sp³-hybridized carbons (Fsp3) is 0.143. The van der Waals surface area contributed by atoms with Gasteiger partial charge in [-0.3, -0.25) is 0 Å². The van der Waals surface area contributed by atoms with Crippen LogP contribution in [0.15, 0.2) is 34.8 Å². The summed E-state index contributed by atoms with van der Waals surface area (Å²) < 4.78 is 40.6. The molecule has 1 nitrogen and oxygen atoms in total. The van der Waals surface area contributed by atoms with Crippen molar-refractivity contribution in [2.45, 2.75) is 12.5 Å². The molecule has 20 heavy (non-hydrogen) atoms. The first-order chi connectivity index (χ1) is 9.38. The van der Waals surface area contributed by atoms with E-state index >= 15 is 0 Å². The van der Waals surface area contributed by atoms with E-state index in [9.17, 15) is 18.3 Å². The van der Waals surface area contributed by atoms with E-state index in [0.29, 0.717) is 5.56 Å². The van der Waals surface area contributed by atoms with Crippen molar-refractivity contribution in [3.8, 4) is 0 Å². The maximum absolute atomic E-state index is 13.7. The highest BCUT2D eigenvalue weighted by Gasteiger charge is 2.19. The van der Waals surface area contributed by atoms with E-state index in [4.69, 9.17) is 11.6 Å². The second-order valence-electron chi connectivity index (χ2n) is 4.25. The van der Waals surface area contributed by atoms with E-state index in [-0.39, 0.29) is 15.9 Å². The molecule has 0 amide bonds. The number of benzene rings is 2. The van der Waals surface area contributed by atoms with Gasteiger partial charge in [0.1, 0.15) is 17.5 Å². The molecule has 0 spiro atoms. The number of aliphatic hydroxyl groups excluding tert-OH is 1. The van der Waals surface area contributed by atoms with Crippen molar-refractivity contribution in [1.29, 1.82) is 0 Å². The summed E-state index contributed by atoms with van der Waals surface area (Å²) in [7, 11) is 0. The normalized spacial score (nSPS) is 12.5. The Bertz CT molecular complexity index is 625. The molecule has 0 saturated heterocycles. The molecule has 2 aromatic rings. The number of rotatable bonds is 3. The molecule has 2 rings (SSSR count). The van der Waals surface area contributed by atoms with E-state index in [1.54, 1.807) is 0 Å². The van der Waals surface area contributed by atoms with Crippen LogP contribution in [0.1, 0.15) is 17.2 Å². The quantitative estimate of drug-likeness (QED) is 0.829. The lowest BCUT2D eigenvalue weighted by Gasteiger charge is -2.14. The van der Waals surface area contributed by atoms with Crippen molar-refractivity contribution in [3.63, 3.8) is 0 Å². The summed E-state index contributed by atoms with van der Waals surface area (Å²) in [5, 5.41) is 9.85. The molecular weight excluding hydrogens is 357 g/mol. The van der Waals surface area contributed by atoms with Gasteiger partial charge in [-0.1, -0.05) is 33.6 Å². The summed E-state index contributed by atoms with van der Waals surface area (Å²) in [4.78, 5) is 0. The molecule has 0 aliphatic carbocycles. The first kappa shape index (κ1) is 15.4. The minimum Gasteiger partial charge on any atom is -0.388 e. The van der Waals surface area contributed by atoms with Crippen molar-refractivity contribution in [2.24, 2.45) is 0 Å². The van der Waals surface area contributed by atoms with Gasteiger partial charge in [0.05, 0.1) is 16.7 Å². The van der Waals surface area contributed by atoms with Gasteiger partial charge >= 0.3 is 0 Å². The lowest BCUT2D eigenvalue weighted by atomic mass is 10.0. The second kappa shape index (κ2) is 6.16. The Kier molecular flexibility index (Phi) is 4.73. The van der Waals surface area contributed by atoms with Crippen molar-refractivity contribution in [1.82, 2.24) is 0 Å². The van der Waals surface area contributed by atoms with Crippen LogP contribution in [0.2, 0.25) is 5.02 Å². The lowest BCUT2D eigenvalue weighted by molar-refractivity contribution is 0.168. The van der Waals surface area contributed by atoms with Crippen LogP contribution in [0.4, 0.5) is 13.2 Å². The zero-order valence-electron chi connectivity index (χ0n) is 10.0. The third-order valence-electron chi connectivity index (χ3n) is 2.79. The third-order valence-corrected chi connectivity index (χ3v) is 3.54. The Morgan fingerprint density at radius 2 is 1.65 bits per heavy atom. The molecule has 106 valence electrons. The standard InChI is InChI=1S/C14H9BrClF3O/c15-8-5-11(18)14(12(19)6-8)13(20)4-7-1-2-10(17)9(16)3-7/h1-3,5-6,13,20H,4H2. The number of hydrogen-bond donors (Lipinski definition) is 1. The van der Waals surface area contributed by atoms with Gasteiger partial charge in [0.25, 0.3) is 0 Å². The van der Waals surface area contributed by atoms with Gasteiger partial charge in [-0.15, -0.1) is 0 Å². The summed E-state index contributed by atoms with van der Waals surface area (Å²) in [5.41, 5.74) is 0.0549. The molecule has 0 aliphatic rings. The molecule has 0 fully saturated rings. The molecule has 0 bridgehead atoms. The van der Waals surface area contributed by atoms with Crippen LogP contribution in [-0.2, 0) is 6.42 Å². The van der Waals surface area contributed by atoms with Gasteiger partial charge in [-0.2, -0.15) is 0 Å². The van der Waals surface area contributed by atoms with Crippen molar-refractivity contribution in [3.05, 3.63) is 68.4 Å². The summed E-state index contributed by atoms with van der Waals surface area (Å²) in [6.07, 6.45) is -1.46. The first-order valence-electron chi connectivity index (χ1n) is 5.65. The molecule has 6 heteroatoms. The van der Waals surface area contributed by atoms with Crippen LogP contribution in [-0.4, -0.2) is 5.11 Å². The van der Waals surface area contributed by atoms with Gasteiger partial charge in [0.15, 0.2) is 0 Å². The topological polar surface area (TPSA) is 20.2 Å². The number of aliphatic hydroxyl groups is 1. The predicted octanol–water partition coefficient (Wildman–Crippen LogP) is 4.80. The molecular formula is C14H9BrClF3O. The molecule has 0 aromatic heterocycles. The average Bonchev–Trinajstić information content (AvgIpc) is 2.32. The zero-order chi connectivity index (χ0) is 14.9. The van der Waals surface area contributed by atoms with Gasteiger partial charge < -0.3 is 5.11 Å². The molecule has 0 saturated carbocycles. The van der Waals surface area contributed by atoms with Gasteiger partial charge in [-0.25, -0.2) is 13.2 Å². The molecule has 1 atom stereocenters. The SMILES string of the molecule is OC(Cc1ccc(F)c(Cl)c1)c1c(F)cc(Br)cc1F. The van der Waals surface area contributed by atoms with Crippen molar-refractivity contribution >= 4 is 27.5 Å². The number of halogens is 5. The Balaban J connectivity index is 2.28. The largest absolute Gasteiger partial charge is 0.388 e. The van der Waals surface area contributed by atoms with Crippen molar-refractivity contribution < 1.29 is 18.3 Å². The van der Waals surface area contributed by atoms with E-state index in [2.05, 4.69) is 15.9 Å². The molecule has 0 radical (unpaired) electrons. The highest BCUT2D eigenvalue weighted by atomic mass is 79.9. The Hall–Kier alpha value is -1.04. The van der Waals surface area contributed by atoms with Crippen molar-refractivity contribution in [2.75, 3.05) is 0 Å². The third kappa shape index (κ3) is 3.34. The molecule has 1 N–H and O–H groups in total. The Morgan fingerprint density at radius 3 is 2.20 bits per heavy atom. The Morgan fingerprint density at radius 1 is 1.05 bits per heavy atom. The second-order valence-corrected chi connectivity index (χ2v) is 5.57. The maximum Gasteiger partial charge on any atom is 0.141 e. The highest BCUT2D eigenvalue weighted by Crippen LogP contribution is 2.28. The Labute approximate surface area is 127 Å². The fourth-order valence-electron chi connectivity index (χ4n) is 1.86. The van der Waals surface area contributed by atoms with Crippen LogP contribution < -0.4 is 0 Å². The maximum atomic E-state index is 13.7. The summed E-state index contributed by atoms with van der Waals surface area (Å²) in [6.45, 7) is 0. The summed E-state index contributed by atoms with van der Waals surface area (Å²) >= 11 is 8.58. The highest BCUT2D eigenvalue weighted by molar-refractivity contribution is 9.10. The zero-order valence-corrected chi connectivity index (χ0v) is 12.4. The first-order valence-corrected chi connectivity index (χ1v) is 6.82. The lowest BCUT2D eigenvalue weighted by Crippen LogP contribution is -2.07. The molecule has 1 unspecified atom stereocenters. The predicted molar refractivity (Wildman–Crippen MR) is 74.1 cm³/mol. The van der Waals surface area contributed by atoms with E-state index in [1.807, 2.05) is 0 Å². The average molecular weight is 366 g/mol. The van der Waals surface area contributed by atoms with Crippen LogP contribution >= 0.6 is 27.5 Å². The molecule has 0 heterocycles. The fourth-order valence-corrected chi connectivity index (χ4v) is 2.47. The van der Waals surface area contributed by atoms with Crippen LogP contribution in [0.5, 0.6) is 0 Å². The minimum absolute atomic E-state index is 0.0739. The summed E-state index contributed by atoms with van der Waals surface area (Å²) in [6, 6.07) is 5.99. The van der Waals surface area contributed by atoms with Gasteiger partial charge in [0, 0.05) is 10.9 Å². The van der Waals surface area contributed by atoms with E-state index < -0.39 is 29.1 Å². The van der Waals surface area contributed by atoms with Crippen LogP contribution in [0, 0.1) is 17.5 Å². The summed E-state index contributed by atoms with van der Waals surface area (Å²) in [5.74, 6) is -2.29. The number of hydrogen-bond acceptors (Lipinski definition) is 1. The van der Waals surface area contributed by atoms with E-state index in [0.717, 1.165) is 18.2 Å². The molecule has 2 aromatic carbocycles. The minimum atomic E-state index is -1.38. The monoisotopic (exact) mass is 364 g/mol. The molecule has 0 aliphatic heterocycles. The van der Waals surface area contributed by atoms with Crippen LogP contribution in [0.25, 0.3) is 0 Å². The van der Waals surface area contributed by atoms with Crippen LogP contribution in [0.3, 0.4) is 0 Å². The van der Waals surface area contributed by atoms with E-state index in [1.165, 1.54) is 12.1 Å².